The molecular weight excluding hydrogens is 353 g/mol. The van der Waals surface area contributed by atoms with E-state index in [-0.39, 0.29) is 22.2 Å². The van der Waals surface area contributed by atoms with Crippen LogP contribution in [0.1, 0.15) is 11.3 Å². The summed E-state index contributed by atoms with van der Waals surface area (Å²) in [5, 5.41) is 4.08. The summed E-state index contributed by atoms with van der Waals surface area (Å²) < 4.78 is 44.2. The molecule has 0 unspecified atom stereocenters. The van der Waals surface area contributed by atoms with Crippen LogP contribution in [0, 0.1) is 5.82 Å². The van der Waals surface area contributed by atoms with Gasteiger partial charge >= 0.3 is 0 Å². The Bertz CT molecular complexity index is 997. The first kappa shape index (κ1) is 17.0. The third kappa shape index (κ3) is 2.70. The minimum Gasteiger partial charge on any atom is -0.461 e. The Morgan fingerprint density at radius 3 is 2.50 bits per heavy atom. The molecule has 0 aliphatic carbocycles. The maximum absolute atomic E-state index is 13.0. The van der Waals surface area contributed by atoms with Crippen LogP contribution in [0.3, 0.4) is 0 Å². The fourth-order valence-electron chi connectivity index (χ4n) is 2.91. The van der Waals surface area contributed by atoms with Crippen LogP contribution in [-0.4, -0.2) is 15.0 Å². The minimum atomic E-state index is -3.68. The van der Waals surface area contributed by atoms with Crippen LogP contribution in [-0.2, 0) is 22.8 Å². The molecule has 0 spiro atoms. The number of sulfone groups is 1. The molecule has 126 valence electrons. The maximum Gasteiger partial charge on any atom is 0.206 e. The predicted octanol–water partition coefficient (Wildman–Crippen LogP) is 3.47. The summed E-state index contributed by atoms with van der Waals surface area (Å²) in [5.41, 5.74) is 1.71. The fourth-order valence-corrected chi connectivity index (χ4v) is 4.19. The van der Waals surface area contributed by atoms with Gasteiger partial charge in [0, 0.05) is 30.5 Å². The molecule has 4 rings (SSSR count). The van der Waals surface area contributed by atoms with Crippen molar-refractivity contribution in [3.05, 3.63) is 59.6 Å². The third-order valence-corrected chi connectivity index (χ3v) is 5.88. The molecule has 3 aromatic rings. The molecule has 0 radical (unpaired) electrons. The summed E-state index contributed by atoms with van der Waals surface area (Å²) in [6.45, 7) is 1.52. The molecule has 1 aliphatic heterocycles. The van der Waals surface area contributed by atoms with Gasteiger partial charge in [-0.1, -0.05) is 0 Å². The number of fused-ring (bicyclic) bond motifs is 3. The highest BCUT2D eigenvalue weighted by molar-refractivity contribution is 7.91. The maximum atomic E-state index is 13.0. The molecule has 1 aromatic heterocycles. The van der Waals surface area contributed by atoms with Crippen molar-refractivity contribution < 1.29 is 17.2 Å². The summed E-state index contributed by atoms with van der Waals surface area (Å²) in [6.07, 6.45) is 0.796. The van der Waals surface area contributed by atoms with Crippen molar-refractivity contribution >= 4 is 33.2 Å². The van der Waals surface area contributed by atoms with Gasteiger partial charge in [-0.2, -0.15) is 0 Å². The summed E-state index contributed by atoms with van der Waals surface area (Å²) in [6, 6.07) is 9.71. The van der Waals surface area contributed by atoms with Crippen molar-refractivity contribution in [3.8, 4) is 0 Å². The number of halogens is 2. The fraction of sp³-hybridized carbons (Fsp3) is 0.176. The standard InChI is InChI=1S/C17H14FNO3S.ClH/c18-11-1-3-12(4-2-11)23(20,21)13-5-6-16-14(9-13)15-10-19-8-7-17(15)22-16;/h1-6,9,19H,7-8,10H2;1H. The number of hydrogen-bond acceptors (Lipinski definition) is 4. The zero-order chi connectivity index (χ0) is 16.0. The molecule has 7 heteroatoms. The molecule has 0 fully saturated rings. The lowest BCUT2D eigenvalue weighted by Crippen LogP contribution is -2.22. The quantitative estimate of drug-likeness (QED) is 0.704. The lowest BCUT2D eigenvalue weighted by molar-refractivity contribution is 0.500. The normalized spacial score (nSPS) is 14.2. The zero-order valence-corrected chi connectivity index (χ0v) is 14.2. The van der Waals surface area contributed by atoms with Gasteiger partial charge in [0.05, 0.1) is 9.79 Å². The molecule has 2 aromatic carbocycles. The van der Waals surface area contributed by atoms with Crippen molar-refractivity contribution in [1.29, 1.82) is 0 Å². The molecule has 0 saturated carbocycles. The molecule has 0 bridgehead atoms. The SMILES string of the molecule is Cl.O=S(=O)(c1ccc(F)cc1)c1ccc2oc3c(c2c1)CNCC3. The van der Waals surface area contributed by atoms with E-state index in [2.05, 4.69) is 5.32 Å². The topological polar surface area (TPSA) is 59.3 Å². The molecule has 1 aliphatic rings. The predicted molar refractivity (Wildman–Crippen MR) is 90.7 cm³/mol. The van der Waals surface area contributed by atoms with E-state index in [4.69, 9.17) is 4.42 Å². The summed E-state index contributed by atoms with van der Waals surface area (Å²) in [5.74, 6) is 0.449. The van der Waals surface area contributed by atoms with E-state index in [9.17, 15) is 12.8 Å². The molecule has 24 heavy (non-hydrogen) atoms. The Morgan fingerprint density at radius 2 is 1.75 bits per heavy atom. The number of nitrogens with one attached hydrogen (secondary N) is 1. The molecule has 2 heterocycles. The Kier molecular flexibility index (Phi) is 4.38. The zero-order valence-electron chi connectivity index (χ0n) is 12.6. The molecule has 0 amide bonds. The third-order valence-electron chi connectivity index (χ3n) is 4.11. The highest BCUT2D eigenvalue weighted by Gasteiger charge is 2.22. The Morgan fingerprint density at radius 1 is 1.04 bits per heavy atom. The van der Waals surface area contributed by atoms with Crippen molar-refractivity contribution in [2.45, 2.75) is 22.8 Å². The van der Waals surface area contributed by atoms with Gasteiger partial charge in [-0.3, -0.25) is 0 Å². The van der Waals surface area contributed by atoms with Crippen LogP contribution in [0.5, 0.6) is 0 Å². The van der Waals surface area contributed by atoms with Crippen molar-refractivity contribution in [3.63, 3.8) is 0 Å². The monoisotopic (exact) mass is 367 g/mol. The average molecular weight is 368 g/mol. The van der Waals surface area contributed by atoms with E-state index in [0.717, 1.165) is 41.8 Å². The number of furan rings is 1. The second-order valence-electron chi connectivity index (χ2n) is 5.55. The van der Waals surface area contributed by atoms with E-state index in [1.807, 2.05) is 0 Å². The summed E-state index contributed by atoms with van der Waals surface area (Å²) in [4.78, 5) is 0.263. The van der Waals surface area contributed by atoms with Crippen LogP contribution < -0.4 is 5.32 Å². The molecule has 0 saturated heterocycles. The number of rotatable bonds is 2. The van der Waals surface area contributed by atoms with Gasteiger partial charge < -0.3 is 9.73 Å². The van der Waals surface area contributed by atoms with Crippen LogP contribution in [0.25, 0.3) is 11.0 Å². The van der Waals surface area contributed by atoms with E-state index in [1.165, 1.54) is 18.2 Å². The van der Waals surface area contributed by atoms with Gasteiger partial charge in [0.1, 0.15) is 17.2 Å². The highest BCUT2D eigenvalue weighted by Crippen LogP contribution is 2.31. The van der Waals surface area contributed by atoms with Crippen molar-refractivity contribution in [2.24, 2.45) is 0 Å². The van der Waals surface area contributed by atoms with Crippen molar-refractivity contribution in [2.75, 3.05) is 6.54 Å². The second kappa shape index (κ2) is 6.20. The highest BCUT2D eigenvalue weighted by atomic mass is 35.5. The van der Waals surface area contributed by atoms with Gasteiger partial charge in [-0.05, 0) is 42.5 Å². The van der Waals surface area contributed by atoms with Gasteiger partial charge in [0.2, 0.25) is 9.84 Å². The lowest BCUT2D eigenvalue weighted by atomic mass is 10.1. The Labute approximate surface area is 145 Å². The van der Waals surface area contributed by atoms with E-state index >= 15 is 0 Å². The smallest absolute Gasteiger partial charge is 0.206 e. The first-order valence-corrected chi connectivity index (χ1v) is 8.80. The lowest BCUT2D eigenvalue weighted by Gasteiger charge is -2.11. The van der Waals surface area contributed by atoms with E-state index in [1.54, 1.807) is 12.1 Å². The second-order valence-corrected chi connectivity index (χ2v) is 7.50. The molecular formula is C17H15ClFNO3S. The first-order valence-electron chi connectivity index (χ1n) is 7.31. The van der Waals surface area contributed by atoms with E-state index in [0.29, 0.717) is 12.1 Å². The van der Waals surface area contributed by atoms with Crippen LogP contribution in [0.2, 0.25) is 0 Å². The van der Waals surface area contributed by atoms with E-state index < -0.39 is 15.7 Å². The Balaban J connectivity index is 0.00000169. The molecule has 0 atom stereocenters. The van der Waals surface area contributed by atoms with Gasteiger partial charge in [-0.25, -0.2) is 12.8 Å². The van der Waals surface area contributed by atoms with Crippen LogP contribution in [0.15, 0.2) is 56.7 Å². The van der Waals surface area contributed by atoms with Crippen LogP contribution in [0.4, 0.5) is 4.39 Å². The van der Waals surface area contributed by atoms with Gasteiger partial charge in [0.25, 0.3) is 0 Å². The molecule has 4 nitrogen and oxygen atoms in total. The van der Waals surface area contributed by atoms with Gasteiger partial charge in [0.15, 0.2) is 0 Å². The first-order chi connectivity index (χ1) is 11.1. The van der Waals surface area contributed by atoms with Gasteiger partial charge in [-0.15, -0.1) is 12.4 Å². The van der Waals surface area contributed by atoms with Crippen LogP contribution >= 0.6 is 12.4 Å². The average Bonchev–Trinajstić information content (AvgIpc) is 2.93. The molecule has 1 N–H and O–H groups in total. The number of benzene rings is 2. The summed E-state index contributed by atoms with van der Waals surface area (Å²) in [7, 11) is -3.68. The summed E-state index contributed by atoms with van der Waals surface area (Å²) >= 11 is 0. The number of hydrogen-bond donors (Lipinski definition) is 1. The van der Waals surface area contributed by atoms with Crippen molar-refractivity contribution in [1.82, 2.24) is 5.32 Å². The largest absolute Gasteiger partial charge is 0.461 e. The Hall–Kier alpha value is -1.89. The minimum absolute atomic E-state index is 0.